The molecule has 122 valence electrons. The predicted octanol–water partition coefficient (Wildman–Crippen LogP) is 0.274. The van der Waals surface area contributed by atoms with Crippen LogP contribution in [0.3, 0.4) is 0 Å². The van der Waals surface area contributed by atoms with Gasteiger partial charge >= 0.3 is 5.97 Å². The third kappa shape index (κ3) is 4.96. The minimum atomic E-state index is -3.50. The summed E-state index contributed by atoms with van der Waals surface area (Å²) in [4.78, 5) is 25.1. The molecule has 8 heteroatoms. The number of hydrogen-bond donors (Lipinski definition) is 2. The number of nitrogens with zero attached hydrogens (tertiary/aromatic N) is 1. The number of sulfonamides is 1. The Morgan fingerprint density at radius 2 is 1.95 bits per heavy atom. The summed E-state index contributed by atoms with van der Waals surface area (Å²) in [5, 5.41) is 9.19. The molecule has 0 radical (unpaired) electrons. The fourth-order valence-corrected chi connectivity index (χ4v) is 3.19. The molecule has 2 N–H and O–H groups in total. The molecule has 1 heterocycles. The summed E-state index contributed by atoms with van der Waals surface area (Å²) in [6, 6.07) is -0.837. The van der Waals surface area contributed by atoms with Gasteiger partial charge in [-0.25, -0.2) is 13.1 Å². The fourth-order valence-electron chi connectivity index (χ4n) is 2.47. The first-order chi connectivity index (χ1) is 9.44. The third-order valence-corrected chi connectivity index (χ3v) is 4.38. The summed E-state index contributed by atoms with van der Waals surface area (Å²) in [7, 11) is -3.50. The van der Waals surface area contributed by atoms with Crippen LogP contribution >= 0.6 is 0 Å². The normalized spacial score (nSPS) is 24.3. The van der Waals surface area contributed by atoms with E-state index in [1.54, 1.807) is 6.92 Å². The van der Waals surface area contributed by atoms with Crippen molar-refractivity contribution in [1.29, 1.82) is 0 Å². The van der Waals surface area contributed by atoms with Crippen LogP contribution in [0.15, 0.2) is 0 Å². The summed E-state index contributed by atoms with van der Waals surface area (Å²) >= 11 is 0. The Labute approximate surface area is 125 Å². The lowest BCUT2D eigenvalue weighted by Crippen LogP contribution is -2.48. The molecule has 2 unspecified atom stereocenters. The number of carbonyl (C=O) groups excluding carboxylic acids is 1. The maximum absolute atomic E-state index is 12.5. The van der Waals surface area contributed by atoms with Gasteiger partial charge in [0.15, 0.2) is 0 Å². The van der Waals surface area contributed by atoms with Crippen LogP contribution in [0.5, 0.6) is 0 Å². The number of carboxylic acids is 1. The molecule has 0 aromatic rings. The maximum Gasteiger partial charge on any atom is 0.311 e. The first-order valence-electron chi connectivity index (χ1n) is 6.94. The molecule has 1 fully saturated rings. The van der Waals surface area contributed by atoms with E-state index >= 15 is 0 Å². The van der Waals surface area contributed by atoms with Crippen molar-refractivity contribution in [1.82, 2.24) is 9.62 Å². The van der Waals surface area contributed by atoms with Gasteiger partial charge in [-0.2, -0.15) is 0 Å². The van der Waals surface area contributed by atoms with Gasteiger partial charge in [0.2, 0.25) is 15.9 Å². The second-order valence-corrected chi connectivity index (χ2v) is 8.23. The van der Waals surface area contributed by atoms with E-state index in [0.29, 0.717) is 19.4 Å². The Hall–Kier alpha value is -1.15. The van der Waals surface area contributed by atoms with Crippen molar-refractivity contribution in [2.75, 3.05) is 19.3 Å². The molecular formula is C13H24N2O5S. The summed E-state index contributed by atoms with van der Waals surface area (Å²) < 4.78 is 25.2. The molecule has 1 aliphatic heterocycles. The Kier molecular flexibility index (Phi) is 5.38. The van der Waals surface area contributed by atoms with E-state index in [9.17, 15) is 23.1 Å². The lowest BCUT2D eigenvalue weighted by atomic mass is 9.90. The van der Waals surface area contributed by atoms with Gasteiger partial charge in [0.05, 0.1) is 11.7 Å². The Bertz CT molecular complexity index is 517. The second kappa shape index (κ2) is 6.31. The van der Waals surface area contributed by atoms with E-state index in [1.807, 2.05) is 13.8 Å². The molecule has 0 aromatic heterocycles. The van der Waals surface area contributed by atoms with Crippen LogP contribution in [0, 0.1) is 11.3 Å². The molecule has 1 saturated heterocycles. The van der Waals surface area contributed by atoms with Crippen molar-refractivity contribution in [3.05, 3.63) is 0 Å². The van der Waals surface area contributed by atoms with Crippen molar-refractivity contribution >= 4 is 21.9 Å². The minimum absolute atomic E-state index is 0.112. The van der Waals surface area contributed by atoms with Gasteiger partial charge in [-0.3, -0.25) is 9.59 Å². The van der Waals surface area contributed by atoms with E-state index in [-0.39, 0.29) is 18.4 Å². The summed E-state index contributed by atoms with van der Waals surface area (Å²) in [5.74, 6) is -1.14. The SMILES string of the molecule is CC(C)CC(NS(C)(=O)=O)C(=O)N1CCC(C)(C(=O)O)C1. The lowest BCUT2D eigenvalue weighted by Gasteiger charge is -2.26. The standard InChI is InChI=1S/C13H24N2O5S/c1-9(2)7-10(14-21(4,19)20)11(16)15-6-5-13(3,8-15)12(17)18/h9-10,14H,5-8H2,1-4H3,(H,17,18). The van der Waals surface area contributed by atoms with Crippen LogP contribution in [0.2, 0.25) is 0 Å². The minimum Gasteiger partial charge on any atom is -0.481 e. The predicted molar refractivity (Wildman–Crippen MR) is 78.2 cm³/mol. The zero-order chi connectivity index (χ0) is 16.4. The van der Waals surface area contributed by atoms with Gasteiger partial charge in [0, 0.05) is 13.1 Å². The van der Waals surface area contributed by atoms with Gasteiger partial charge in [0.1, 0.15) is 6.04 Å². The lowest BCUT2D eigenvalue weighted by molar-refractivity contribution is -0.147. The number of carbonyl (C=O) groups is 2. The van der Waals surface area contributed by atoms with Crippen LogP contribution < -0.4 is 4.72 Å². The molecule has 2 atom stereocenters. The van der Waals surface area contributed by atoms with Crippen LogP contribution in [0.4, 0.5) is 0 Å². The van der Waals surface area contributed by atoms with Crippen molar-refractivity contribution in [2.45, 2.75) is 39.7 Å². The van der Waals surface area contributed by atoms with E-state index in [4.69, 9.17) is 0 Å². The number of nitrogens with one attached hydrogen (secondary N) is 1. The highest BCUT2D eigenvalue weighted by Gasteiger charge is 2.43. The van der Waals surface area contributed by atoms with Gasteiger partial charge in [-0.05, 0) is 25.7 Å². The zero-order valence-corrected chi connectivity index (χ0v) is 13.7. The van der Waals surface area contributed by atoms with Gasteiger partial charge < -0.3 is 10.0 Å². The first-order valence-corrected chi connectivity index (χ1v) is 8.83. The molecule has 0 saturated carbocycles. The summed E-state index contributed by atoms with van der Waals surface area (Å²) in [6.45, 7) is 5.85. The van der Waals surface area contributed by atoms with Gasteiger partial charge in [-0.1, -0.05) is 13.8 Å². The Morgan fingerprint density at radius 1 is 1.38 bits per heavy atom. The molecule has 21 heavy (non-hydrogen) atoms. The average Bonchev–Trinajstić information content (AvgIpc) is 2.69. The number of carboxylic acid groups (broad SMARTS) is 1. The van der Waals surface area contributed by atoms with E-state index in [2.05, 4.69) is 4.72 Å². The van der Waals surface area contributed by atoms with Crippen molar-refractivity contribution < 1.29 is 23.1 Å². The Balaban J connectivity index is 2.85. The molecule has 0 bridgehead atoms. The number of amides is 1. The molecule has 7 nitrogen and oxygen atoms in total. The molecule has 0 aromatic carbocycles. The molecular weight excluding hydrogens is 296 g/mol. The first kappa shape index (κ1) is 17.9. The number of hydrogen-bond acceptors (Lipinski definition) is 4. The molecule has 1 amide bonds. The third-order valence-electron chi connectivity index (χ3n) is 3.66. The van der Waals surface area contributed by atoms with E-state index in [1.165, 1.54) is 4.90 Å². The summed E-state index contributed by atoms with van der Waals surface area (Å²) in [6.07, 6.45) is 1.77. The molecule has 0 aliphatic carbocycles. The van der Waals surface area contributed by atoms with Gasteiger partial charge in [-0.15, -0.1) is 0 Å². The average molecular weight is 320 g/mol. The second-order valence-electron chi connectivity index (χ2n) is 6.45. The van der Waals surface area contributed by atoms with Crippen molar-refractivity contribution in [3.63, 3.8) is 0 Å². The van der Waals surface area contributed by atoms with E-state index < -0.39 is 27.4 Å². The van der Waals surface area contributed by atoms with Crippen molar-refractivity contribution in [3.8, 4) is 0 Å². The molecule has 1 aliphatic rings. The highest BCUT2D eigenvalue weighted by Crippen LogP contribution is 2.30. The summed E-state index contributed by atoms with van der Waals surface area (Å²) in [5.41, 5.74) is -0.955. The smallest absolute Gasteiger partial charge is 0.311 e. The van der Waals surface area contributed by atoms with Crippen molar-refractivity contribution in [2.24, 2.45) is 11.3 Å². The number of likely N-dealkylation sites (tertiary alicyclic amines) is 1. The van der Waals surface area contributed by atoms with Gasteiger partial charge in [0.25, 0.3) is 0 Å². The largest absolute Gasteiger partial charge is 0.481 e. The Morgan fingerprint density at radius 3 is 2.33 bits per heavy atom. The topological polar surface area (TPSA) is 104 Å². The number of aliphatic carboxylic acids is 1. The fraction of sp³-hybridized carbons (Fsp3) is 0.846. The van der Waals surface area contributed by atoms with E-state index in [0.717, 1.165) is 6.26 Å². The van der Waals surface area contributed by atoms with Crippen LogP contribution in [-0.2, 0) is 19.6 Å². The quantitative estimate of drug-likeness (QED) is 0.731. The zero-order valence-electron chi connectivity index (χ0n) is 12.9. The van der Waals surface area contributed by atoms with Crippen LogP contribution in [0.1, 0.15) is 33.6 Å². The number of rotatable bonds is 6. The highest BCUT2D eigenvalue weighted by atomic mass is 32.2. The highest BCUT2D eigenvalue weighted by molar-refractivity contribution is 7.88. The monoisotopic (exact) mass is 320 g/mol. The maximum atomic E-state index is 12.5. The molecule has 0 spiro atoms. The van der Waals surface area contributed by atoms with Crippen LogP contribution in [-0.4, -0.2) is 55.7 Å². The molecule has 1 rings (SSSR count). The van der Waals surface area contributed by atoms with Crippen LogP contribution in [0.25, 0.3) is 0 Å².